The lowest BCUT2D eigenvalue weighted by Gasteiger charge is -2.25. The van der Waals surface area contributed by atoms with E-state index in [1.807, 2.05) is 0 Å². The van der Waals surface area contributed by atoms with Gasteiger partial charge in [0.1, 0.15) is 8.96 Å². The van der Waals surface area contributed by atoms with Crippen LogP contribution in [0.4, 0.5) is 0 Å². The first-order valence-electron chi connectivity index (χ1n) is 7.53. The van der Waals surface area contributed by atoms with E-state index in [0.29, 0.717) is 0 Å². The average molecular weight is 372 g/mol. The highest BCUT2D eigenvalue weighted by Crippen LogP contribution is 2.20. The summed E-state index contributed by atoms with van der Waals surface area (Å²) in [5, 5.41) is 6.31. The van der Waals surface area contributed by atoms with Gasteiger partial charge in [-0.3, -0.25) is 0 Å². The Kier molecular flexibility index (Phi) is 12.0. The molecule has 134 valence electrons. The Hall–Kier alpha value is 0.371. The summed E-state index contributed by atoms with van der Waals surface area (Å²) in [6.07, 6.45) is 1.97. The van der Waals surface area contributed by atoms with Crippen LogP contribution in [0.15, 0.2) is 0 Å². The summed E-state index contributed by atoms with van der Waals surface area (Å²) in [7, 11) is 3.70. The second kappa shape index (κ2) is 11.8. The second-order valence-electron chi connectivity index (χ2n) is 5.14. The van der Waals surface area contributed by atoms with Gasteiger partial charge >= 0.3 is 17.6 Å². The molecule has 0 aromatic rings. The number of nitrogens with two attached hydrogens (primary N) is 1. The lowest BCUT2D eigenvalue weighted by molar-refractivity contribution is 0.123. The van der Waals surface area contributed by atoms with E-state index in [9.17, 15) is 0 Å². The highest BCUT2D eigenvalue weighted by molar-refractivity contribution is 6.61. The molecule has 0 aromatic carbocycles. The average Bonchev–Trinajstić information content (AvgIpc) is 2.56. The van der Waals surface area contributed by atoms with E-state index < -0.39 is 26.6 Å². The van der Waals surface area contributed by atoms with Crippen LogP contribution in [0.5, 0.6) is 0 Å². The van der Waals surface area contributed by atoms with Crippen LogP contribution >= 0.6 is 0 Å². The minimum absolute atomic E-state index is 0.810. The van der Waals surface area contributed by atoms with Gasteiger partial charge in [0.15, 0.2) is 0 Å². The van der Waals surface area contributed by atoms with E-state index in [2.05, 4.69) is 0 Å². The van der Waals surface area contributed by atoms with E-state index in [1.54, 1.807) is 42.7 Å². The van der Waals surface area contributed by atoms with E-state index in [0.717, 1.165) is 37.0 Å². The third-order valence-electron chi connectivity index (χ3n) is 3.98. The van der Waals surface area contributed by atoms with Crippen LogP contribution in [0.25, 0.3) is 0 Å². The molecule has 7 nitrogen and oxygen atoms in total. The molecule has 0 saturated carbocycles. The fourth-order valence-electron chi connectivity index (χ4n) is 2.42. The summed E-state index contributed by atoms with van der Waals surface area (Å²) in [4.78, 5) is 0. The zero-order valence-corrected chi connectivity index (χ0v) is 18.0. The van der Waals surface area contributed by atoms with E-state index in [4.69, 9.17) is 32.0 Å². The standard InChI is InChI=1S/C12H33NO6Si3/c1-14-21(15-2,16-3)11-7-9-20(13)10-8-12-22(17-4,18-5)19-6/h20H,7-13H2,1-6H3. The molecule has 0 amide bonds. The molecule has 0 aromatic heterocycles. The number of hydrogen-bond donors (Lipinski definition) is 1. The van der Waals surface area contributed by atoms with Gasteiger partial charge in [-0.2, -0.15) is 0 Å². The molecule has 0 aliphatic carbocycles. The predicted octanol–water partition coefficient (Wildman–Crippen LogP) is 1.21. The quantitative estimate of drug-likeness (QED) is 0.460. The molecule has 0 radical (unpaired) electrons. The highest BCUT2D eigenvalue weighted by Gasteiger charge is 2.38. The molecule has 22 heavy (non-hydrogen) atoms. The van der Waals surface area contributed by atoms with Gasteiger partial charge in [0, 0.05) is 54.7 Å². The SMILES string of the molecule is CO[Si](CCC[SiH](N)CCC[Si](OC)(OC)OC)(OC)OC. The van der Waals surface area contributed by atoms with Crippen molar-refractivity contribution in [1.29, 1.82) is 0 Å². The van der Waals surface area contributed by atoms with Gasteiger partial charge in [0.2, 0.25) is 0 Å². The predicted molar refractivity (Wildman–Crippen MR) is 93.4 cm³/mol. The van der Waals surface area contributed by atoms with Gasteiger partial charge in [-0.15, -0.1) is 0 Å². The summed E-state index contributed by atoms with van der Waals surface area (Å²) < 4.78 is 32.5. The molecule has 0 unspecified atom stereocenters. The van der Waals surface area contributed by atoms with Gasteiger partial charge in [-0.1, -0.05) is 12.8 Å². The van der Waals surface area contributed by atoms with Crippen LogP contribution in [-0.4, -0.2) is 69.2 Å². The highest BCUT2D eigenvalue weighted by atomic mass is 28.4. The van der Waals surface area contributed by atoms with E-state index in [1.165, 1.54) is 0 Å². The van der Waals surface area contributed by atoms with Crippen molar-refractivity contribution in [3.05, 3.63) is 0 Å². The molecule has 10 heteroatoms. The van der Waals surface area contributed by atoms with Crippen LogP contribution < -0.4 is 5.40 Å². The summed E-state index contributed by atoms with van der Waals surface area (Å²) in [5.74, 6) is 0. The van der Waals surface area contributed by atoms with Crippen molar-refractivity contribution >= 4 is 26.6 Å². The van der Waals surface area contributed by atoms with Gasteiger partial charge in [0.25, 0.3) is 0 Å². The molecule has 0 saturated heterocycles. The molecular formula is C12H33NO6Si3. The molecule has 0 bridgehead atoms. The van der Waals surface area contributed by atoms with Crippen LogP contribution in [-0.2, 0) is 26.6 Å². The summed E-state index contributed by atoms with van der Waals surface area (Å²) in [6.45, 7) is 0. The molecule has 0 rings (SSSR count). The summed E-state index contributed by atoms with van der Waals surface area (Å²) in [5.41, 5.74) is 0. The third-order valence-corrected chi connectivity index (χ3v) is 11.9. The summed E-state index contributed by atoms with van der Waals surface area (Å²) >= 11 is 0. The van der Waals surface area contributed by atoms with Crippen LogP contribution in [0, 0.1) is 0 Å². The molecule has 2 N–H and O–H groups in total. The van der Waals surface area contributed by atoms with Crippen molar-refractivity contribution in [3.8, 4) is 0 Å². The minimum atomic E-state index is -2.45. The van der Waals surface area contributed by atoms with Crippen LogP contribution in [0.1, 0.15) is 12.8 Å². The first-order valence-corrected chi connectivity index (χ1v) is 13.7. The van der Waals surface area contributed by atoms with Crippen molar-refractivity contribution in [3.63, 3.8) is 0 Å². The van der Waals surface area contributed by atoms with Crippen LogP contribution in [0.2, 0.25) is 24.2 Å². The van der Waals surface area contributed by atoms with Crippen molar-refractivity contribution in [2.45, 2.75) is 37.0 Å². The minimum Gasteiger partial charge on any atom is -0.377 e. The zero-order chi connectivity index (χ0) is 17.1. The molecule has 0 aliphatic rings. The monoisotopic (exact) mass is 371 g/mol. The van der Waals surface area contributed by atoms with Crippen LogP contribution in [0.3, 0.4) is 0 Å². The first kappa shape index (κ1) is 22.4. The van der Waals surface area contributed by atoms with Gasteiger partial charge < -0.3 is 32.0 Å². The largest absolute Gasteiger partial charge is 0.500 e. The number of rotatable bonds is 14. The third kappa shape index (κ3) is 7.29. The Morgan fingerprint density at radius 2 is 0.909 bits per heavy atom. The van der Waals surface area contributed by atoms with Gasteiger partial charge in [-0.25, -0.2) is 0 Å². The van der Waals surface area contributed by atoms with Gasteiger partial charge in [-0.05, 0) is 12.1 Å². The maximum absolute atomic E-state index is 6.31. The maximum Gasteiger partial charge on any atom is 0.500 e. The summed E-state index contributed by atoms with van der Waals surface area (Å²) in [6, 6.07) is 3.72. The number of hydrogen-bond acceptors (Lipinski definition) is 7. The lowest BCUT2D eigenvalue weighted by atomic mass is 10.6. The van der Waals surface area contributed by atoms with Crippen molar-refractivity contribution in [2.24, 2.45) is 5.40 Å². The zero-order valence-electron chi connectivity index (χ0n) is 14.8. The Morgan fingerprint density at radius 3 is 1.14 bits per heavy atom. The van der Waals surface area contributed by atoms with E-state index >= 15 is 0 Å². The fraction of sp³-hybridized carbons (Fsp3) is 1.00. The molecule has 0 spiro atoms. The molecule has 0 fully saturated rings. The maximum atomic E-state index is 6.31. The molecule has 0 aliphatic heterocycles. The lowest BCUT2D eigenvalue weighted by Crippen LogP contribution is -2.43. The van der Waals surface area contributed by atoms with E-state index in [-0.39, 0.29) is 0 Å². The normalized spacial score (nSPS) is 13.1. The van der Waals surface area contributed by atoms with Gasteiger partial charge in [0.05, 0.1) is 0 Å². The Bertz CT molecular complexity index is 237. The smallest absolute Gasteiger partial charge is 0.377 e. The van der Waals surface area contributed by atoms with Crippen molar-refractivity contribution < 1.29 is 26.6 Å². The molecular weight excluding hydrogens is 338 g/mol. The topological polar surface area (TPSA) is 81.4 Å². The Morgan fingerprint density at radius 1 is 0.636 bits per heavy atom. The molecule has 0 atom stereocenters. The Labute approximate surface area is 138 Å². The fourth-order valence-corrected chi connectivity index (χ4v) is 8.48. The Balaban J connectivity index is 4.03. The molecule has 0 heterocycles. The van der Waals surface area contributed by atoms with Crippen molar-refractivity contribution in [1.82, 2.24) is 0 Å². The second-order valence-corrected chi connectivity index (χ2v) is 14.0. The first-order chi connectivity index (χ1) is 10.5. The van der Waals surface area contributed by atoms with Crippen molar-refractivity contribution in [2.75, 3.05) is 42.7 Å².